The van der Waals surface area contributed by atoms with Crippen molar-refractivity contribution in [3.63, 3.8) is 0 Å². The van der Waals surface area contributed by atoms with Crippen LogP contribution in [-0.2, 0) is 5.75 Å². The molecular weight excluding hydrogens is 237 g/mol. The van der Waals surface area contributed by atoms with Crippen LogP contribution < -0.4 is 5.73 Å². The van der Waals surface area contributed by atoms with Gasteiger partial charge in [0.05, 0.1) is 10.0 Å². The largest absolute Gasteiger partial charge is 0.324 e. The molecule has 0 fully saturated rings. The van der Waals surface area contributed by atoms with Crippen LogP contribution in [0, 0.1) is 0 Å². The van der Waals surface area contributed by atoms with Crippen molar-refractivity contribution in [1.82, 2.24) is 0 Å². The van der Waals surface area contributed by atoms with Crippen molar-refractivity contribution in [3.8, 4) is 0 Å². The van der Waals surface area contributed by atoms with E-state index in [1.807, 2.05) is 23.9 Å². The van der Waals surface area contributed by atoms with Crippen LogP contribution in [-0.4, -0.2) is 5.75 Å². The van der Waals surface area contributed by atoms with Gasteiger partial charge in [-0.25, -0.2) is 0 Å². The molecular formula is C10H11Cl2NS. The molecule has 0 bridgehead atoms. The lowest BCUT2D eigenvalue weighted by molar-refractivity contribution is 0.705. The van der Waals surface area contributed by atoms with Crippen LogP contribution in [0.2, 0.25) is 10.0 Å². The molecule has 1 aromatic rings. The van der Waals surface area contributed by atoms with Gasteiger partial charge in [-0.3, -0.25) is 0 Å². The van der Waals surface area contributed by atoms with E-state index in [1.165, 1.54) is 0 Å². The van der Waals surface area contributed by atoms with Gasteiger partial charge in [-0.05, 0) is 29.4 Å². The topological polar surface area (TPSA) is 26.0 Å². The van der Waals surface area contributed by atoms with Crippen LogP contribution in [0.3, 0.4) is 0 Å². The van der Waals surface area contributed by atoms with Crippen LogP contribution in [0.1, 0.15) is 23.6 Å². The first-order valence-electron chi connectivity index (χ1n) is 4.50. The highest BCUT2D eigenvalue weighted by Crippen LogP contribution is 2.37. The van der Waals surface area contributed by atoms with E-state index in [4.69, 9.17) is 28.9 Å². The molecule has 0 spiro atoms. The molecule has 1 aromatic carbocycles. The molecule has 1 unspecified atom stereocenters. The predicted octanol–water partition coefficient (Wildman–Crippen LogP) is 3.63. The van der Waals surface area contributed by atoms with Gasteiger partial charge in [0, 0.05) is 11.8 Å². The predicted molar refractivity (Wildman–Crippen MR) is 64.2 cm³/mol. The van der Waals surface area contributed by atoms with Crippen LogP contribution in [0.4, 0.5) is 0 Å². The van der Waals surface area contributed by atoms with Gasteiger partial charge in [0.2, 0.25) is 0 Å². The zero-order valence-electron chi connectivity index (χ0n) is 7.59. The SMILES string of the molecule is NC1CCSCc2c1ccc(Cl)c2Cl. The average Bonchev–Trinajstić information content (AvgIpc) is 2.35. The first-order chi connectivity index (χ1) is 6.70. The summed E-state index contributed by atoms with van der Waals surface area (Å²) >= 11 is 14.0. The number of hydrogen-bond acceptors (Lipinski definition) is 2. The molecule has 1 atom stereocenters. The summed E-state index contributed by atoms with van der Waals surface area (Å²) in [6.45, 7) is 0. The fourth-order valence-electron chi connectivity index (χ4n) is 1.64. The highest BCUT2D eigenvalue weighted by Gasteiger charge is 2.18. The van der Waals surface area contributed by atoms with Gasteiger partial charge in [0.25, 0.3) is 0 Å². The molecule has 1 aliphatic heterocycles. The maximum Gasteiger partial charge on any atom is 0.0636 e. The summed E-state index contributed by atoms with van der Waals surface area (Å²) < 4.78 is 0. The molecule has 0 aliphatic carbocycles. The van der Waals surface area contributed by atoms with Gasteiger partial charge < -0.3 is 5.73 Å². The van der Waals surface area contributed by atoms with Crippen LogP contribution >= 0.6 is 35.0 Å². The third-order valence-corrected chi connectivity index (χ3v) is 4.31. The molecule has 0 amide bonds. The highest BCUT2D eigenvalue weighted by atomic mass is 35.5. The molecule has 2 N–H and O–H groups in total. The van der Waals surface area contributed by atoms with Gasteiger partial charge >= 0.3 is 0 Å². The molecule has 1 nitrogen and oxygen atoms in total. The molecule has 14 heavy (non-hydrogen) atoms. The summed E-state index contributed by atoms with van der Waals surface area (Å²) in [4.78, 5) is 0. The minimum Gasteiger partial charge on any atom is -0.324 e. The zero-order valence-corrected chi connectivity index (χ0v) is 9.92. The number of benzene rings is 1. The van der Waals surface area contributed by atoms with E-state index in [1.54, 1.807) is 0 Å². The number of halogens is 2. The molecule has 0 saturated carbocycles. The fraction of sp³-hybridized carbons (Fsp3) is 0.400. The molecule has 1 aliphatic rings. The fourth-order valence-corrected chi connectivity index (χ4v) is 3.22. The Morgan fingerprint density at radius 3 is 2.93 bits per heavy atom. The Balaban J connectivity index is 2.53. The normalized spacial score (nSPS) is 21.5. The molecule has 4 heteroatoms. The molecule has 0 radical (unpaired) electrons. The van der Waals surface area contributed by atoms with E-state index in [2.05, 4.69) is 0 Å². The minimum atomic E-state index is 0.106. The monoisotopic (exact) mass is 247 g/mol. The minimum absolute atomic E-state index is 0.106. The summed E-state index contributed by atoms with van der Waals surface area (Å²) in [6.07, 6.45) is 1.01. The quantitative estimate of drug-likeness (QED) is 0.758. The van der Waals surface area contributed by atoms with Crippen molar-refractivity contribution in [2.24, 2.45) is 5.73 Å². The second kappa shape index (κ2) is 4.31. The van der Waals surface area contributed by atoms with Crippen molar-refractivity contribution >= 4 is 35.0 Å². The van der Waals surface area contributed by atoms with Crippen molar-refractivity contribution in [2.75, 3.05) is 5.75 Å². The number of rotatable bonds is 0. The van der Waals surface area contributed by atoms with Crippen molar-refractivity contribution in [1.29, 1.82) is 0 Å². The highest BCUT2D eigenvalue weighted by molar-refractivity contribution is 7.98. The Morgan fingerprint density at radius 2 is 2.14 bits per heavy atom. The summed E-state index contributed by atoms with van der Waals surface area (Å²) in [7, 11) is 0. The Labute approximate surface area is 98.0 Å². The summed E-state index contributed by atoms with van der Waals surface area (Å²) in [6, 6.07) is 3.94. The van der Waals surface area contributed by atoms with Crippen LogP contribution in [0.25, 0.3) is 0 Å². The lowest BCUT2D eigenvalue weighted by Gasteiger charge is -2.13. The molecule has 0 saturated heterocycles. The second-order valence-corrected chi connectivity index (χ2v) is 5.27. The maximum absolute atomic E-state index is 6.15. The number of thioether (sulfide) groups is 1. The summed E-state index contributed by atoms with van der Waals surface area (Å²) in [5, 5.41) is 1.30. The Bertz CT molecular complexity index is 354. The maximum atomic E-state index is 6.15. The molecule has 0 aromatic heterocycles. The molecule has 2 rings (SSSR count). The van der Waals surface area contributed by atoms with Crippen molar-refractivity contribution < 1.29 is 0 Å². The standard InChI is InChI=1S/C10H11Cl2NS/c11-8-2-1-6-7(10(8)12)5-14-4-3-9(6)13/h1-2,9H,3-5,13H2. The third-order valence-electron chi connectivity index (χ3n) is 2.45. The van der Waals surface area contributed by atoms with E-state index < -0.39 is 0 Å². The second-order valence-electron chi connectivity index (χ2n) is 3.38. The first kappa shape index (κ1) is 10.6. The number of hydrogen-bond donors (Lipinski definition) is 1. The van der Waals surface area contributed by atoms with Gasteiger partial charge in [-0.2, -0.15) is 11.8 Å². The van der Waals surface area contributed by atoms with Crippen molar-refractivity contribution in [2.45, 2.75) is 18.2 Å². The average molecular weight is 248 g/mol. The van der Waals surface area contributed by atoms with Gasteiger partial charge in [-0.1, -0.05) is 29.3 Å². The molecule has 76 valence electrons. The number of nitrogens with two attached hydrogens (primary N) is 1. The first-order valence-corrected chi connectivity index (χ1v) is 6.41. The third kappa shape index (κ3) is 1.89. The van der Waals surface area contributed by atoms with Gasteiger partial charge in [0.1, 0.15) is 0 Å². The Kier molecular flexibility index (Phi) is 3.27. The van der Waals surface area contributed by atoms with Crippen LogP contribution in [0.5, 0.6) is 0 Å². The lowest BCUT2D eigenvalue weighted by atomic mass is 10.0. The molecule has 1 heterocycles. The smallest absolute Gasteiger partial charge is 0.0636 e. The van der Waals surface area contributed by atoms with Crippen LogP contribution in [0.15, 0.2) is 12.1 Å². The van der Waals surface area contributed by atoms with E-state index in [9.17, 15) is 0 Å². The van der Waals surface area contributed by atoms with E-state index in [0.717, 1.165) is 29.1 Å². The summed E-state index contributed by atoms with van der Waals surface area (Å²) in [5.41, 5.74) is 8.33. The Morgan fingerprint density at radius 1 is 1.36 bits per heavy atom. The van der Waals surface area contributed by atoms with E-state index in [-0.39, 0.29) is 6.04 Å². The number of fused-ring (bicyclic) bond motifs is 1. The van der Waals surface area contributed by atoms with E-state index in [0.29, 0.717) is 10.0 Å². The lowest BCUT2D eigenvalue weighted by Crippen LogP contribution is -2.11. The van der Waals surface area contributed by atoms with Gasteiger partial charge in [-0.15, -0.1) is 0 Å². The van der Waals surface area contributed by atoms with Gasteiger partial charge in [0.15, 0.2) is 0 Å². The van der Waals surface area contributed by atoms with Crippen molar-refractivity contribution in [3.05, 3.63) is 33.3 Å². The zero-order chi connectivity index (χ0) is 10.1. The van der Waals surface area contributed by atoms with E-state index >= 15 is 0 Å². The summed E-state index contributed by atoms with van der Waals surface area (Å²) in [5.74, 6) is 2.01. The Hall–Kier alpha value is 0.110.